The Hall–Kier alpha value is -0.120. The number of rotatable bonds is 4. The minimum Gasteiger partial charge on any atom is -0.395 e. The van der Waals surface area contributed by atoms with Gasteiger partial charge in [0.1, 0.15) is 6.54 Å². The number of halogens is 5. The van der Waals surface area contributed by atoms with Crippen LogP contribution >= 0.6 is 43.2 Å². The average molecular weight is 411 g/mol. The highest BCUT2D eigenvalue weighted by molar-refractivity contribution is 9.13. The van der Waals surface area contributed by atoms with Crippen LogP contribution in [0.2, 0.25) is 0 Å². The second-order valence-corrected chi connectivity index (χ2v) is 6.52. The Morgan fingerprint density at radius 1 is 1.44 bits per heavy atom. The highest BCUT2D eigenvalue weighted by Gasteiger charge is 2.33. The maximum atomic E-state index is 12.3. The molecule has 0 atom stereocenters. The molecule has 0 radical (unpaired) electrons. The molecular formula is C9H8Br2F3NO2S. The fourth-order valence-electron chi connectivity index (χ4n) is 1.20. The van der Waals surface area contributed by atoms with Crippen molar-refractivity contribution in [2.45, 2.75) is 6.18 Å². The van der Waals surface area contributed by atoms with Crippen molar-refractivity contribution in [3.8, 4) is 0 Å². The van der Waals surface area contributed by atoms with Crippen LogP contribution in [0.15, 0.2) is 14.3 Å². The van der Waals surface area contributed by atoms with Gasteiger partial charge >= 0.3 is 6.18 Å². The first-order valence-electron chi connectivity index (χ1n) is 4.66. The van der Waals surface area contributed by atoms with Gasteiger partial charge in [0.25, 0.3) is 5.91 Å². The van der Waals surface area contributed by atoms with E-state index in [0.29, 0.717) is 13.2 Å². The van der Waals surface area contributed by atoms with E-state index in [9.17, 15) is 18.0 Å². The van der Waals surface area contributed by atoms with Crippen molar-refractivity contribution >= 4 is 49.1 Å². The van der Waals surface area contributed by atoms with E-state index in [1.54, 1.807) is 0 Å². The van der Waals surface area contributed by atoms with E-state index in [2.05, 4.69) is 31.9 Å². The normalized spacial score (nSPS) is 11.7. The van der Waals surface area contributed by atoms with Crippen LogP contribution in [-0.4, -0.2) is 41.8 Å². The van der Waals surface area contributed by atoms with Crippen molar-refractivity contribution in [3.63, 3.8) is 0 Å². The van der Waals surface area contributed by atoms with Crippen molar-refractivity contribution in [1.29, 1.82) is 0 Å². The van der Waals surface area contributed by atoms with Crippen LogP contribution in [0.5, 0.6) is 0 Å². The number of carbonyl (C=O) groups excluding carboxylic acids is 1. The molecule has 0 spiro atoms. The molecule has 0 aliphatic heterocycles. The molecule has 0 unspecified atom stereocenters. The highest BCUT2D eigenvalue weighted by Crippen LogP contribution is 2.33. The van der Waals surface area contributed by atoms with E-state index in [1.807, 2.05) is 0 Å². The Bertz CT molecular complexity index is 416. The molecule has 1 aromatic heterocycles. The van der Waals surface area contributed by atoms with Gasteiger partial charge in [-0.15, -0.1) is 11.3 Å². The maximum Gasteiger partial charge on any atom is 0.406 e. The molecule has 18 heavy (non-hydrogen) atoms. The summed E-state index contributed by atoms with van der Waals surface area (Å²) in [6.07, 6.45) is -4.49. The topological polar surface area (TPSA) is 40.5 Å². The van der Waals surface area contributed by atoms with Crippen LogP contribution in [0.1, 0.15) is 9.67 Å². The van der Waals surface area contributed by atoms with Crippen LogP contribution in [-0.2, 0) is 0 Å². The molecule has 1 heterocycles. The SMILES string of the molecule is O=C(c1cc(Br)c(Br)s1)N(CCO)CC(F)(F)F. The predicted octanol–water partition coefficient (Wildman–Crippen LogP) is 3.27. The first-order chi connectivity index (χ1) is 8.24. The number of nitrogens with zero attached hydrogens (tertiary/aromatic N) is 1. The van der Waals surface area contributed by atoms with E-state index in [0.717, 1.165) is 11.3 Å². The largest absolute Gasteiger partial charge is 0.406 e. The lowest BCUT2D eigenvalue weighted by Gasteiger charge is -2.22. The number of aliphatic hydroxyl groups is 1. The molecular weight excluding hydrogens is 403 g/mol. The quantitative estimate of drug-likeness (QED) is 0.827. The Morgan fingerprint density at radius 3 is 2.44 bits per heavy atom. The standard InChI is InChI=1S/C9H8Br2F3NO2S/c10-5-3-6(18-7(5)11)8(17)15(1-2-16)4-9(12,13)14/h3,16H,1-2,4H2. The predicted molar refractivity (Wildman–Crippen MR) is 68.8 cm³/mol. The fraction of sp³-hybridized carbons (Fsp3) is 0.444. The molecule has 1 aromatic rings. The number of carbonyl (C=O) groups is 1. The Kier molecular flexibility index (Phi) is 5.63. The molecule has 0 aliphatic rings. The second-order valence-electron chi connectivity index (χ2n) is 3.30. The summed E-state index contributed by atoms with van der Waals surface area (Å²) in [5.41, 5.74) is 0. The summed E-state index contributed by atoms with van der Waals surface area (Å²) in [5.74, 6) is -0.752. The van der Waals surface area contributed by atoms with E-state index < -0.39 is 25.2 Å². The van der Waals surface area contributed by atoms with Gasteiger partial charge in [0.15, 0.2) is 0 Å². The van der Waals surface area contributed by atoms with E-state index >= 15 is 0 Å². The van der Waals surface area contributed by atoms with E-state index in [-0.39, 0.29) is 11.4 Å². The summed E-state index contributed by atoms with van der Waals surface area (Å²) < 4.78 is 38.1. The summed E-state index contributed by atoms with van der Waals surface area (Å²) in [4.78, 5) is 12.6. The Morgan fingerprint density at radius 2 is 2.06 bits per heavy atom. The summed E-state index contributed by atoms with van der Waals surface area (Å²) in [5, 5.41) is 8.71. The van der Waals surface area contributed by atoms with Gasteiger partial charge < -0.3 is 10.0 Å². The maximum absolute atomic E-state index is 12.3. The minimum absolute atomic E-state index is 0.173. The summed E-state index contributed by atoms with van der Waals surface area (Å²) in [7, 11) is 0. The number of amides is 1. The zero-order valence-corrected chi connectivity index (χ0v) is 12.8. The molecule has 1 rings (SSSR count). The van der Waals surface area contributed by atoms with Gasteiger partial charge in [-0.05, 0) is 37.9 Å². The average Bonchev–Trinajstić information content (AvgIpc) is 2.56. The zero-order valence-electron chi connectivity index (χ0n) is 8.80. The van der Waals surface area contributed by atoms with Crippen molar-refractivity contribution in [2.24, 2.45) is 0 Å². The monoisotopic (exact) mass is 409 g/mol. The zero-order chi connectivity index (χ0) is 13.9. The van der Waals surface area contributed by atoms with Crippen LogP contribution in [0.3, 0.4) is 0 Å². The van der Waals surface area contributed by atoms with Gasteiger partial charge in [0.05, 0.1) is 15.3 Å². The lowest BCUT2D eigenvalue weighted by atomic mass is 10.3. The molecule has 1 amide bonds. The van der Waals surface area contributed by atoms with E-state index in [1.165, 1.54) is 6.07 Å². The lowest BCUT2D eigenvalue weighted by molar-refractivity contribution is -0.141. The molecule has 9 heteroatoms. The Labute approximate surface area is 122 Å². The third-order valence-corrected chi connectivity index (χ3v) is 5.13. The van der Waals surface area contributed by atoms with Crippen LogP contribution < -0.4 is 0 Å². The van der Waals surface area contributed by atoms with Gasteiger partial charge in [-0.1, -0.05) is 0 Å². The summed E-state index contributed by atoms with van der Waals surface area (Å²) in [6.45, 7) is -2.25. The lowest BCUT2D eigenvalue weighted by Crippen LogP contribution is -2.40. The van der Waals surface area contributed by atoms with Gasteiger partial charge in [-0.25, -0.2) is 0 Å². The first kappa shape index (κ1) is 15.9. The molecule has 0 fully saturated rings. The molecule has 0 saturated carbocycles. The first-order valence-corrected chi connectivity index (χ1v) is 7.06. The highest BCUT2D eigenvalue weighted by atomic mass is 79.9. The van der Waals surface area contributed by atoms with Crippen LogP contribution in [0.25, 0.3) is 0 Å². The number of hydrogen-bond acceptors (Lipinski definition) is 3. The molecule has 1 N–H and O–H groups in total. The van der Waals surface area contributed by atoms with Crippen molar-refractivity contribution in [2.75, 3.05) is 19.7 Å². The van der Waals surface area contributed by atoms with Crippen molar-refractivity contribution in [3.05, 3.63) is 19.2 Å². The number of alkyl halides is 3. The van der Waals surface area contributed by atoms with E-state index in [4.69, 9.17) is 5.11 Å². The fourth-order valence-corrected chi connectivity index (χ4v) is 3.20. The van der Waals surface area contributed by atoms with Crippen LogP contribution in [0.4, 0.5) is 13.2 Å². The van der Waals surface area contributed by atoms with Gasteiger partial charge in [-0.3, -0.25) is 4.79 Å². The third-order valence-electron chi connectivity index (χ3n) is 1.88. The molecule has 0 aromatic carbocycles. The van der Waals surface area contributed by atoms with Crippen molar-refractivity contribution < 1.29 is 23.1 Å². The third kappa shape index (κ3) is 4.52. The molecule has 0 aliphatic carbocycles. The minimum atomic E-state index is -4.49. The second kappa shape index (κ2) is 6.36. The summed E-state index contributed by atoms with van der Waals surface area (Å²) in [6, 6.07) is 1.44. The van der Waals surface area contributed by atoms with Crippen LogP contribution in [0, 0.1) is 0 Å². The van der Waals surface area contributed by atoms with Crippen molar-refractivity contribution in [1.82, 2.24) is 4.90 Å². The number of thiophene rings is 1. The molecule has 102 valence electrons. The molecule has 0 bridgehead atoms. The van der Waals surface area contributed by atoms with Gasteiger partial charge in [0.2, 0.25) is 0 Å². The smallest absolute Gasteiger partial charge is 0.395 e. The Balaban J connectivity index is 2.88. The molecule has 0 saturated heterocycles. The van der Waals surface area contributed by atoms with Gasteiger partial charge in [0, 0.05) is 11.0 Å². The molecule has 3 nitrogen and oxygen atoms in total. The number of hydrogen-bond donors (Lipinski definition) is 1. The van der Waals surface area contributed by atoms with Gasteiger partial charge in [-0.2, -0.15) is 13.2 Å². The summed E-state index contributed by atoms with van der Waals surface area (Å²) >= 11 is 7.35. The number of aliphatic hydroxyl groups excluding tert-OH is 1.